The van der Waals surface area contributed by atoms with Gasteiger partial charge in [0.1, 0.15) is 18.2 Å². The Kier molecular flexibility index (Phi) is 13.2. The molecule has 0 aromatic heterocycles. The minimum absolute atomic E-state index is 0.131. The van der Waals surface area contributed by atoms with E-state index in [1.807, 2.05) is 56.8 Å². The minimum Gasteiger partial charge on any atom is -0.444 e. The number of nitrogens with one attached hydrogen (secondary N) is 2. The molecule has 0 radical (unpaired) electrons. The molecule has 3 heterocycles. The van der Waals surface area contributed by atoms with Crippen molar-refractivity contribution in [2.75, 3.05) is 58.3 Å². The molecule has 51 heavy (non-hydrogen) atoms. The third kappa shape index (κ3) is 10.8. The number of rotatable bonds is 14. The summed E-state index contributed by atoms with van der Waals surface area (Å²) in [7, 11) is 3.47. The zero-order valence-corrected chi connectivity index (χ0v) is 31.8. The van der Waals surface area contributed by atoms with E-state index in [1.54, 1.807) is 7.05 Å². The van der Waals surface area contributed by atoms with Gasteiger partial charge in [-0.15, -0.1) is 0 Å². The molecule has 3 aliphatic rings. The van der Waals surface area contributed by atoms with Crippen LogP contribution < -0.4 is 15.5 Å². The number of likely N-dealkylation sites (N-methyl/N-ethyl adjacent to an activating group) is 2. The van der Waals surface area contributed by atoms with Crippen molar-refractivity contribution in [3.63, 3.8) is 0 Å². The maximum atomic E-state index is 12.5. The molecule has 0 aliphatic carbocycles. The van der Waals surface area contributed by atoms with Gasteiger partial charge in [0.25, 0.3) is 0 Å². The van der Waals surface area contributed by atoms with Crippen LogP contribution in [0.2, 0.25) is 0 Å². The van der Waals surface area contributed by atoms with Crippen molar-refractivity contribution >= 4 is 42.2 Å². The second-order valence-corrected chi connectivity index (χ2v) is 16.7. The number of benzene rings is 2. The first-order valence-corrected chi connectivity index (χ1v) is 19.1. The molecule has 2 amide bonds. The molecular formula is C39H56N6O5S. The number of aldehydes is 2. The highest BCUT2D eigenvalue weighted by Crippen LogP contribution is 2.42. The quantitative estimate of drug-likeness (QED) is 0.201. The number of hydrogen-bond acceptors (Lipinski definition) is 10. The number of carbonyl (C=O) groups excluding carboxylic acids is 4. The lowest BCUT2D eigenvalue weighted by Gasteiger charge is -2.54. The number of alkyl carbamates (subject to hydrolysis) is 1. The average Bonchev–Trinajstić information content (AvgIpc) is 3.08. The van der Waals surface area contributed by atoms with Crippen molar-refractivity contribution in [3.8, 4) is 0 Å². The van der Waals surface area contributed by atoms with Gasteiger partial charge in [0.15, 0.2) is 0 Å². The van der Waals surface area contributed by atoms with Crippen molar-refractivity contribution < 1.29 is 23.9 Å². The van der Waals surface area contributed by atoms with Crippen LogP contribution in [0.5, 0.6) is 0 Å². The number of nitrogens with zero attached hydrogens (tertiary/aromatic N) is 4. The van der Waals surface area contributed by atoms with Crippen LogP contribution in [-0.4, -0.2) is 110 Å². The van der Waals surface area contributed by atoms with Gasteiger partial charge in [-0.05, 0) is 119 Å². The summed E-state index contributed by atoms with van der Waals surface area (Å²) in [5.74, 6) is -0.131. The number of amides is 2. The van der Waals surface area contributed by atoms with Crippen molar-refractivity contribution in [2.24, 2.45) is 5.41 Å². The molecule has 11 nitrogen and oxygen atoms in total. The Morgan fingerprint density at radius 2 is 1.78 bits per heavy atom. The van der Waals surface area contributed by atoms with Crippen LogP contribution in [0, 0.1) is 5.41 Å². The maximum Gasteiger partial charge on any atom is 0.407 e. The summed E-state index contributed by atoms with van der Waals surface area (Å²) in [6.45, 7) is 13.0. The fraction of sp³-hybridized carbons (Fsp3) is 0.590. The van der Waals surface area contributed by atoms with Crippen LogP contribution in [0.15, 0.2) is 47.4 Å². The molecule has 1 spiro atoms. The van der Waals surface area contributed by atoms with Gasteiger partial charge in [-0.2, -0.15) is 0 Å². The van der Waals surface area contributed by atoms with Gasteiger partial charge in [-0.1, -0.05) is 12.1 Å². The predicted octanol–water partition coefficient (Wildman–Crippen LogP) is 5.12. The highest BCUT2D eigenvalue weighted by Gasteiger charge is 2.44. The van der Waals surface area contributed by atoms with Crippen molar-refractivity contribution in [1.82, 2.24) is 24.7 Å². The number of piperidine rings is 2. The zero-order chi connectivity index (χ0) is 36.6. The highest BCUT2D eigenvalue weighted by atomic mass is 32.2. The lowest BCUT2D eigenvalue weighted by Crippen LogP contribution is -2.59. The van der Waals surface area contributed by atoms with Gasteiger partial charge < -0.3 is 25.1 Å². The van der Waals surface area contributed by atoms with Crippen LogP contribution in [0.25, 0.3) is 0 Å². The van der Waals surface area contributed by atoms with Gasteiger partial charge in [-0.3, -0.25) is 19.4 Å². The number of ether oxygens (including phenoxy) is 1. The number of likely N-dealkylation sites (tertiary alicyclic amines) is 1. The first-order chi connectivity index (χ1) is 24.4. The standard InChI is InChI=1S/C39H56N6O5S/c1-38(2,3)50-37(49)41-32-13-17-45(18-14-32)51-34-9-6-8-29(22-34)24-43-27-39(28-43)15-19-44(20-16-39)33-12-11-30(26-47)31(23-33)25-42(5)35(10-7-21-46)36(48)40-4/h6,8-9,11-12,21-23,26,32,35H,7,10,13-20,24-25,27-28H2,1-5H3,(H,40,48)(H,41,49). The van der Waals surface area contributed by atoms with Crippen molar-refractivity contribution in [1.29, 1.82) is 0 Å². The molecule has 2 N–H and O–H groups in total. The third-order valence-corrected chi connectivity index (χ3v) is 11.4. The summed E-state index contributed by atoms with van der Waals surface area (Å²) < 4.78 is 7.82. The molecule has 1 atom stereocenters. The van der Waals surface area contributed by atoms with Crippen LogP contribution in [-0.2, 0) is 27.4 Å². The Morgan fingerprint density at radius 3 is 2.43 bits per heavy atom. The molecule has 2 aromatic rings. The maximum absolute atomic E-state index is 12.5. The molecule has 1 unspecified atom stereocenters. The van der Waals surface area contributed by atoms with Crippen LogP contribution >= 0.6 is 11.9 Å². The summed E-state index contributed by atoms with van der Waals surface area (Å²) >= 11 is 1.81. The molecule has 3 fully saturated rings. The van der Waals surface area contributed by atoms with Gasteiger partial charge >= 0.3 is 6.09 Å². The first kappa shape index (κ1) is 38.8. The van der Waals surface area contributed by atoms with E-state index in [0.29, 0.717) is 30.4 Å². The largest absolute Gasteiger partial charge is 0.444 e. The van der Waals surface area contributed by atoms with Gasteiger partial charge in [0.2, 0.25) is 5.91 Å². The monoisotopic (exact) mass is 720 g/mol. The smallest absolute Gasteiger partial charge is 0.407 e. The third-order valence-electron chi connectivity index (χ3n) is 10.3. The van der Waals surface area contributed by atoms with Crippen LogP contribution in [0.1, 0.15) is 80.8 Å². The molecule has 5 rings (SSSR count). The van der Waals surface area contributed by atoms with E-state index in [2.05, 4.69) is 55.1 Å². The van der Waals surface area contributed by atoms with E-state index in [1.165, 1.54) is 10.5 Å². The van der Waals surface area contributed by atoms with E-state index in [9.17, 15) is 19.2 Å². The van der Waals surface area contributed by atoms with Crippen LogP contribution in [0.3, 0.4) is 0 Å². The van der Waals surface area contributed by atoms with Gasteiger partial charge in [-0.25, -0.2) is 9.10 Å². The normalized spacial score (nSPS) is 19.0. The van der Waals surface area contributed by atoms with Crippen molar-refractivity contribution in [3.05, 3.63) is 59.2 Å². The van der Waals surface area contributed by atoms with Gasteiger partial charge in [0, 0.05) is 88.0 Å². The van der Waals surface area contributed by atoms with E-state index in [0.717, 1.165) is 95.3 Å². The summed E-state index contributed by atoms with van der Waals surface area (Å²) in [5.41, 5.74) is 3.83. The topological polar surface area (TPSA) is 115 Å². The Balaban J connectivity index is 1.08. The minimum atomic E-state index is -0.488. The van der Waals surface area contributed by atoms with E-state index < -0.39 is 11.6 Å². The Hall–Kier alpha value is -3.45. The lowest BCUT2D eigenvalue weighted by molar-refractivity contribution is -0.126. The molecular weight excluding hydrogens is 665 g/mol. The highest BCUT2D eigenvalue weighted by molar-refractivity contribution is 7.97. The number of hydrogen-bond donors (Lipinski definition) is 2. The molecule has 2 aromatic carbocycles. The molecule has 3 aliphatic heterocycles. The number of anilines is 1. The summed E-state index contributed by atoms with van der Waals surface area (Å²) in [4.78, 5) is 55.8. The fourth-order valence-electron chi connectivity index (χ4n) is 7.61. The lowest BCUT2D eigenvalue weighted by atomic mass is 9.71. The molecule has 12 heteroatoms. The number of carbonyl (C=O) groups is 4. The summed E-state index contributed by atoms with van der Waals surface area (Å²) in [5, 5.41) is 5.73. The molecule has 0 bridgehead atoms. The van der Waals surface area contributed by atoms with Crippen LogP contribution in [0.4, 0.5) is 10.5 Å². The molecule has 278 valence electrons. The Morgan fingerprint density at radius 1 is 1.06 bits per heavy atom. The Labute approximate surface area is 307 Å². The average molecular weight is 721 g/mol. The second kappa shape index (κ2) is 17.4. The zero-order valence-electron chi connectivity index (χ0n) is 31.0. The summed E-state index contributed by atoms with van der Waals surface area (Å²) in [6, 6.07) is 14.6. The first-order valence-electron chi connectivity index (χ1n) is 18.3. The Bertz CT molecular complexity index is 1510. The predicted molar refractivity (Wildman–Crippen MR) is 202 cm³/mol. The van der Waals surface area contributed by atoms with Crippen molar-refractivity contribution in [2.45, 2.75) is 95.0 Å². The second-order valence-electron chi connectivity index (χ2n) is 15.5. The van der Waals surface area contributed by atoms with E-state index in [4.69, 9.17) is 4.74 Å². The molecule has 0 saturated carbocycles. The van der Waals surface area contributed by atoms with E-state index >= 15 is 0 Å². The molecule has 3 saturated heterocycles. The summed E-state index contributed by atoms with van der Waals surface area (Å²) in [6.07, 6.45) is 6.21. The van der Waals surface area contributed by atoms with E-state index in [-0.39, 0.29) is 18.0 Å². The SMILES string of the molecule is CNC(=O)C(CCC=O)N(C)Cc1cc(N2CCC3(CC2)CN(Cc2cccc(SN4CCC(NC(=O)OC(C)(C)C)CC4)c2)C3)ccc1C=O. The fourth-order valence-corrected chi connectivity index (χ4v) is 8.64. The van der Waals surface area contributed by atoms with Gasteiger partial charge in [0.05, 0.1) is 6.04 Å².